The first-order valence-electron chi connectivity index (χ1n) is 7.57. The summed E-state index contributed by atoms with van der Waals surface area (Å²) in [5, 5.41) is 8.08. The maximum atomic E-state index is 14.3. The minimum atomic E-state index is -0.599. The highest BCUT2D eigenvalue weighted by molar-refractivity contribution is 5.98. The molecule has 2 heterocycles. The van der Waals surface area contributed by atoms with Crippen LogP contribution < -0.4 is 20.9 Å². The standard InChI is InChI=1S/C15H18F2N4O2/c16-10-8-13(21-3-1-18-2-4-21)11(17)7-12(10)19-9-5-14(22)20-15(23)6-9/h7-9,18-19H,1-6H2,(H,20,22,23). The maximum Gasteiger partial charge on any atom is 0.228 e. The molecule has 2 saturated heterocycles. The van der Waals surface area contributed by atoms with Crippen molar-refractivity contribution in [2.75, 3.05) is 36.4 Å². The van der Waals surface area contributed by atoms with Crippen LogP contribution in [-0.2, 0) is 9.59 Å². The summed E-state index contributed by atoms with van der Waals surface area (Å²) < 4.78 is 28.6. The third-order valence-electron chi connectivity index (χ3n) is 4.00. The fraction of sp³-hybridized carbons (Fsp3) is 0.467. The highest BCUT2D eigenvalue weighted by Gasteiger charge is 2.26. The molecule has 0 atom stereocenters. The quantitative estimate of drug-likeness (QED) is 0.710. The number of carbonyl (C=O) groups is 2. The summed E-state index contributed by atoms with van der Waals surface area (Å²) in [4.78, 5) is 24.5. The summed E-state index contributed by atoms with van der Waals surface area (Å²) in [5.74, 6) is -1.96. The molecule has 3 rings (SSSR count). The molecule has 1 aromatic rings. The summed E-state index contributed by atoms with van der Waals surface area (Å²) in [7, 11) is 0. The van der Waals surface area contributed by atoms with E-state index >= 15 is 0 Å². The van der Waals surface area contributed by atoms with Crippen molar-refractivity contribution in [3.8, 4) is 0 Å². The second-order valence-electron chi connectivity index (χ2n) is 5.74. The van der Waals surface area contributed by atoms with Gasteiger partial charge in [0.15, 0.2) is 0 Å². The van der Waals surface area contributed by atoms with Crippen molar-refractivity contribution in [3.05, 3.63) is 23.8 Å². The van der Waals surface area contributed by atoms with Crippen molar-refractivity contribution >= 4 is 23.2 Å². The Bertz CT molecular complexity index is 616. The molecule has 0 aromatic heterocycles. The van der Waals surface area contributed by atoms with Gasteiger partial charge < -0.3 is 15.5 Å². The fourth-order valence-corrected chi connectivity index (χ4v) is 2.89. The van der Waals surface area contributed by atoms with Crippen LogP contribution in [0.1, 0.15) is 12.8 Å². The Labute approximate surface area is 132 Å². The summed E-state index contributed by atoms with van der Waals surface area (Å²) in [6.45, 7) is 2.67. The van der Waals surface area contributed by atoms with Crippen molar-refractivity contribution in [2.24, 2.45) is 0 Å². The molecule has 0 aliphatic carbocycles. The Morgan fingerprint density at radius 3 is 2.35 bits per heavy atom. The van der Waals surface area contributed by atoms with Crippen LogP contribution in [0.4, 0.5) is 20.2 Å². The van der Waals surface area contributed by atoms with Crippen LogP contribution in [0.25, 0.3) is 0 Å². The lowest BCUT2D eigenvalue weighted by molar-refractivity contribution is -0.133. The van der Waals surface area contributed by atoms with Gasteiger partial charge in [0, 0.05) is 57.2 Å². The van der Waals surface area contributed by atoms with Crippen LogP contribution in [0, 0.1) is 11.6 Å². The number of imide groups is 1. The monoisotopic (exact) mass is 324 g/mol. The zero-order valence-corrected chi connectivity index (χ0v) is 12.5. The number of hydrogen-bond donors (Lipinski definition) is 3. The van der Waals surface area contributed by atoms with E-state index in [1.165, 1.54) is 0 Å². The van der Waals surface area contributed by atoms with E-state index in [9.17, 15) is 18.4 Å². The van der Waals surface area contributed by atoms with Crippen LogP contribution in [0.3, 0.4) is 0 Å². The van der Waals surface area contributed by atoms with Crippen LogP contribution in [0.2, 0.25) is 0 Å². The Morgan fingerprint density at radius 2 is 1.70 bits per heavy atom. The van der Waals surface area contributed by atoms with Gasteiger partial charge in [-0.2, -0.15) is 0 Å². The highest BCUT2D eigenvalue weighted by Crippen LogP contribution is 2.27. The van der Waals surface area contributed by atoms with Crippen LogP contribution in [-0.4, -0.2) is 44.0 Å². The Kier molecular flexibility index (Phi) is 4.42. The molecule has 124 valence electrons. The van der Waals surface area contributed by atoms with E-state index < -0.39 is 29.5 Å². The molecule has 0 bridgehead atoms. The van der Waals surface area contributed by atoms with Gasteiger partial charge in [0.1, 0.15) is 11.6 Å². The van der Waals surface area contributed by atoms with Crippen LogP contribution in [0.15, 0.2) is 12.1 Å². The lowest BCUT2D eigenvalue weighted by Crippen LogP contribution is -2.44. The Balaban J connectivity index is 1.76. The first-order chi connectivity index (χ1) is 11.0. The number of nitrogens with zero attached hydrogens (tertiary/aromatic N) is 1. The van der Waals surface area contributed by atoms with Crippen LogP contribution in [0.5, 0.6) is 0 Å². The second kappa shape index (κ2) is 6.49. The first-order valence-corrected chi connectivity index (χ1v) is 7.57. The number of anilines is 2. The zero-order chi connectivity index (χ0) is 16.4. The normalized spacial score (nSPS) is 19.7. The van der Waals surface area contributed by atoms with Gasteiger partial charge in [-0.05, 0) is 0 Å². The molecule has 2 aliphatic rings. The van der Waals surface area contributed by atoms with Gasteiger partial charge in [-0.3, -0.25) is 14.9 Å². The molecule has 2 amide bonds. The number of benzene rings is 1. The van der Waals surface area contributed by atoms with Gasteiger partial charge >= 0.3 is 0 Å². The van der Waals surface area contributed by atoms with Gasteiger partial charge in [-0.25, -0.2) is 8.78 Å². The highest BCUT2D eigenvalue weighted by atomic mass is 19.1. The molecule has 0 saturated carbocycles. The molecule has 2 aliphatic heterocycles. The number of halogens is 2. The minimum Gasteiger partial charge on any atom is -0.379 e. The summed E-state index contributed by atoms with van der Waals surface area (Å²) in [5.41, 5.74) is 0.195. The molecule has 0 spiro atoms. The van der Waals surface area contributed by atoms with Crippen LogP contribution >= 0.6 is 0 Å². The van der Waals surface area contributed by atoms with Crippen molar-refractivity contribution in [2.45, 2.75) is 18.9 Å². The lowest BCUT2D eigenvalue weighted by Gasteiger charge is -2.30. The maximum absolute atomic E-state index is 14.3. The van der Waals surface area contributed by atoms with E-state index in [-0.39, 0.29) is 24.2 Å². The van der Waals surface area contributed by atoms with E-state index in [4.69, 9.17) is 0 Å². The average molecular weight is 324 g/mol. The number of piperazine rings is 1. The largest absolute Gasteiger partial charge is 0.379 e. The molecular formula is C15H18F2N4O2. The van der Waals surface area contributed by atoms with E-state index in [0.29, 0.717) is 13.1 Å². The molecule has 23 heavy (non-hydrogen) atoms. The van der Waals surface area contributed by atoms with Gasteiger partial charge in [0.25, 0.3) is 0 Å². The molecule has 0 radical (unpaired) electrons. The van der Waals surface area contributed by atoms with E-state index in [1.54, 1.807) is 4.90 Å². The fourth-order valence-electron chi connectivity index (χ4n) is 2.89. The molecule has 2 fully saturated rings. The average Bonchev–Trinajstić information content (AvgIpc) is 2.50. The number of carbonyl (C=O) groups excluding carboxylic acids is 2. The SMILES string of the molecule is O=C1CC(Nc2cc(F)c(N3CCNCC3)cc2F)CC(=O)N1. The number of rotatable bonds is 3. The Hall–Kier alpha value is -2.22. The predicted molar refractivity (Wildman–Crippen MR) is 81.2 cm³/mol. The second-order valence-corrected chi connectivity index (χ2v) is 5.74. The van der Waals surface area contributed by atoms with Crippen molar-refractivity contribution in [1.82, 2.24) is 10.6 Å². The molecular weight excluding hydrogens is 306 g/mol. The molecule has 1 aromatic carbocycles. The van der Waals surface area contributed by atoms with E-state index in [1.807, 2.05) is 0 Å². The Morgan fingerprint density at radius 1 is 1.04 bits per heavy atom. The number of amides is 2. The van der Waals surface area contributed by atoms with Gasteiger partial charge in [-0.1, -0.05) is 0 Å². The number of nitrogens with one attached hydrogen (secondary N) is 3. The molecule has 8 heteroatoms. The lowest BCUT2D eigenvalue weighted by atomic mass is 10.0. The van der Waals surface area contributed by atoms with Crippen molar-refractivity contribution in [3.63, 3.8) is 0 Å². The third-order valence-corrected chi connectivity index (χ3v) is 4.00. The summed E-state index contributed by atoms with van der Waals surface area (Å²) in [6.07, 6.45) is 0.0959. The third kappa shape index (κ3) is 3.58. The number of hydrogen-bond acceptors (Lipinski definition) is 5. The van der Waals surface area contributed by atoms with E-state index in [0.717, 1.165) is 25.2 Å². The van der Waals surface area contributed by atoms with Gasteiger partial charge in [0.2, 0.25) is 11.8 Å². The topological polar surface area (TPSA) is 73.5 Å². The van der Waals surface area contributed by atoms with Crippen molar-refractivity contribution in [1.29, 1.82) is 0 Å². The van der Waals surface area contributed by atoms with Crippen molar-refractivity contribution < 1.29 is 18.4 Å². The summed E-state index contributed by atoms with van der Waals surface area (Å²) in [6, 6.07) is 1.72. The smallest absolute Gasteiger partial charge is 0.228 e. The molecule has 3 N–H and O–H groups in total. The first kappa shape index (κ1) is 15.7. The molecule has 0 unspecified atom stereocenters. The molecule has 6 nitrogen and oxygen atoms in total. The zero-order valence-electron chi connectivity index (χ0n) is 12.5. The van der Waals surface area contributed by atoms with E-state index in [2.05, 4.69) is 16.0 Å². The summed E-state index contributed by atoms with van der Waals surface area (Å²) >= 11 is 0. The predicted octanol–water partition coefficient (Wildman–Crippen LogP) is 0.591. The van der Waals surface area contributed by atoms with Gasteiger partial charge in [-0.15, -0.1) is 0 Å². The number of piperidine rings is 1. The van der Waals surface area contributed by atoms with Gasteiger partial charge in [0.05, 0.1) is 11.4 Å². The minimum absolute atomic E-state index is 0.0334.